The van der Waals surface area contributed by atoms with Gasteiger partial charge >= 0.3 is 0 Å². The van der Waals surface area contributed by atoms with Crippen LogP contribution >= 0.6 is 0 Å². The van der Waals surface area contributed by atoms with Crippen molar-refractivity contribution in [2.75, 3.05) is 25.5 Å². The Hall–Kier alpha value is -1.18. The van der Waals surface area contributed by atoms with Crippen molar-refractivity contribution in [3.05, 3.63) is 18.3 Å². The second-order valence-corrected chi connectivity index (χ2v) is 5.82. The van der Waals surface area contributed by atoms with Gasteiger partial charge in [0, 0.05) is 26.4 Å². The van der Waals surface area contributed by atoms with Crippen molar-refractivity contribution in [3.63, 3.8) is 0 Å². The normalized spacial score (nSPS) is 19.9. The van der Waals surface area contributed by atoms with Gasteiger partial charge in [0.15, 0.2) is 0 Å². The van der Waals surface area contributed by atoms with Gasteiger partial charge in [0.1, 0.15) is 10.7 Å². The highest BCUT2D eigenvalue weighted by Gasteiger charge is 2.22. The minimum atomic E-state index is -3.55. The summed E-state index contributed by atoms with van der Waals surface area (Å²) in [5, 5.41) is 2.77. The summed E-state index contributed by atoms with van der Waals surface area (Å²) in [7, 11) is -1.91. The molecule has 2 rings (SSSR count). The first kappa shape index (κ1) is 13.3. The van der Waals surface area contributed by atoms with E-state index in [1.54, 1.807) is 19.3 Å². The summed E-state index contributed by atoms with van der Waals surface area (Å²) in [6.07, 6.45) is 3.41. The highest BCUT2D eigenvalue weighted by Crippen LogP contribution is 2.18. The van der Waals surface area contributed by atoms with E-state index >= 15 is 0 Å². The third-order valence-corrected chi connectivity index (χ3v) is 4.28. The Kier molecular flexibility index (Phi) is 4.15. The fourth-order valence-corrected chi connectivity index (χ4v) is 3.11. The number of hydrogen-bond donors (Lipinski definition) is 2. The first-order valence-electron chi connectivity index (χ1n) is 5.87. The predicted octanol–water partition coefficient (Wildman–Crippen LogP) is 0.581. The molecule has 0 bridgehead atoms. The SMILES string of the molecule is CNc1ncccc1S(=O)(=O)NCC1CCCO1. The number of anilines is 1. The minimum absolute atomic E-state index is 0.0190. The zero-order valence-corrected chi connectivity index (χ0v) is 11.0. The molecule has 0 radical (unpaired) electrons. The Morgan fingerprint density at radius 3 is 3.06 bits per heavy atom. The molecule has 0 spiro atoms. The quantitative estimate of drug-likeness (QED) is 0.819. The Labute approximate surface area is 107 Å². The number of rotatable bonds is 5. The zero-order chi connectivity index (χ0) is 13.0. The Morgan fingerprint density at radius 1 is 1.56 bits per heavy atom. The van der Waals surface area contributed by atoms with Gasteiger partial charge in [0.25, 0.3) is 0 Å². The monoisotopic (exact) mass is 271 g/mol. The molecular formula is C11H17N3O3S. The molecule has 1 atom stereocenters. The van der Waals surface area contributed by atoms with E-state index in [-0.39, 0.29) is 11.0 Å². The first-order valence-corrected chi connectivity index (χ1v) is 7.36. The standard InChI is InChI=1S/C11H17N3O3S/c1-12-11-10(5-2-6-13-11)18(15,16)14-8-9-4-3-7-17-9/h2,5-6,9,14H,3-4,7-8H2,1H3,(H,12,13). The first-order chi connectivity index (χ1) is 8.63. The van der Waals surface area contributed by atoms with Gasteiger partial charge in [0.2, 0.25) is 10.0 Å². The van der Waals surface area contributed by atoms with Gasteiger partial charge in [-0.05, 0) is 25.0 Å². The molecule has 1 aromatic rings. The van der Waals surface area contributed by atoms with Crippen LogP contribution in [0.15, 0.2) is 23.2 Å². The van der Waals surface area contributed by atoms with E-state index in [0.717, 1.165) is 12.8 Å². The smallest absolute Gasteiger partial charge is 0.244 e. The number of sulfonamides is 1. The zero-order valence-electron chi connectivity index (χ0n) is 10.2. The topological polar surface area (TPSA) is 80.3 Å². The van der Waals surface area contributed by atoms with Gasteiger partial charge in [-0.3, -0.25) is 0 Å². The maximum absolute atomic E-state index is 12.1. The molecule has 2 heterocycles. The number of nitrogens with zero attached hydrogens (tertiary/aromatic N) is 1. The van der Waals surface area contributed by atoms with E-state index in [4.69, 9.17) is 4.74 Å². The number of hydrogen-bond acceptors (Lipinski definition) is 5. The molecule has 1 aliphatic rings. The van der Waals surface area contributed by atoms with Gasteiger partial charge in [-0.15, -0.1) is 0 Å². The molecule has 6 nitrogen and oxygen atoms in total. The number of nitrogens with one attached hydrogen (secondary N) is 2. The maximum atomic E-state index is 12.1. The Bertz CT molecular complexity index is 498. The van der Waals surface area contributed by atoms with E-state index in [9.17, 15) is 8.42 Å². The van der Waals surface area contributed by atoms with Gasteiger partial charge in [-0.1, -0.05) is 0 Å². The highest BCUT2D eigenvalue weighted by molar-refractivity contribution is 7.89. The summed E-state index contributed by atoms with van der Waals surface area (Å²) in [5.41, 5.74) is 0. The van der Waals surface area contributed by atoms with Crippen LogP contribution in [-0.2, 0) is 14.8 Å². The lowest BCUT2D eigenvalue weighted by Crippen LogP contribution is -2.32. The largest absolute Gasteiger partial charge is 0.377 e. The van der Waals surface area contributed by atoms with Crippen molar-refractivity contribution in [1.82, 2.24) is 9.71 Å². The molecule has 1 aliphatic heterocycles. The Morgan fingerprint density at radius 2 is 2.39 bits per heavy atom. The third kappa shape index (κ3) is 2.98. The van der Waals surface area contributed by atoms with Gasteiger partial charge < -0.3 is 10.1 Å². The fourth-order valence-electron chi connectivity index (χ4n) is 1.88. The minimum Gasteiger partial charge on any atom is -0.377 e. The molecule has 100 valence electrons. The number of aromatic nitrogens is 1. The van der Waals surface area contributed by atoms with Crippen molar-refractivity contribution in [3.8, 4) is 0 Å². The maximum Gasteiger partial charge on any atom is 0.244 e. The van der Waals surface area contributed by atoms with Crippen LogP contribution in [0.4, 0.5) is 5.82 Å². The molecule has 7 heteroatoms. The molecule has 1 fully saturated rings. The van der Waals surface area contributed by atoms with Crippen LogP contribution in [0.1, 0.15) is 12.8 Å². The average molecular weight is 271 g/mol. The van der Waals surface area contributed by atoms with Crippen LogP contribution in [0.3, 0.4) is 0 Å². The molecule has 1 saturated heterocycles. The van der Waals surface area contributed by atoms with Crippen molar-refractivity contribution in [2.24, 2.45) is 0 Å². The molecule has 0 aromatic carbocycles. The lowest BCUT2D eigenvalue weighted by molar-refractivity contribution is 0.114. The van der Waals surface area contributed by atoms with Crippen LogP contribution in [-0.4, -0.2) is 39.7 Å². The Balaban J connectivity index is 2.09. The molecule has 2 N–H and O–H groups in total. The fraction of sp³-hybridized carbons (Fsp3) is 0.545. The molecule has 0 aliphatic carbocycles. The summed E-state index contributed by atoms with van der Waals surface area (Å²) in [4.78, 5) is 4.14. The van der Waals surface area contributed by atoms with E-state index < -0.39 is 10.0 Å². The van der Waals surface area contributed by atoms with Crippen molar-refractivity contribution in [1.29, 1.82) is 0 Å². The second-order valence-electron chi connectivity index (χ2n) is 4.09. The van der Waals surface area contributed by atoms with E-state index in [1.165, 1.54) is 6.07 Å². The predicted molar refractivity (Wildman–Crippen MR) is 67.9 cm³/mol. The van der Waals surface area contributed by atoms with Crippen LogP contribution < -0.4 is 10.0 Å². The lowest BCUT2D eigenvalue weighted by Gasteiger charge is -2.13. The van der Waals surface area contributed by atoms with Crippen LogP contribution in [0.2, 0.25) is 0 Å². The van der Waals surface area contributed by atoms with Crippen molar-refractivity contribution >= 4 is 15.8 Å². The van der Waals surface area contributed by atoms with E-state index in [1.807, 2.05) is 0 Å². The van der Waals surface area contributed by atoms with Crippen LogP contribution in [0.5, 0.6) is 0 Å². The highest BCUT2D eigenvalue weighted by atomic mass is 32.2. The average Bonchev–Trinajstić information content (AvgIpc) is 2.89. The van der Waals surface area contributed by atoms with E-state index in [0.29, 0.717) is 19.0 Å². The van der Waals surface area contributed by atoms with Crippen molar-refractivity contribution in [2.45, 2.75) is 23.8 Å². The van der Waals surface area contributed by atoms with Crippen LogP contribution in [0, 0.1) is 0 Å². The summed E-state index contributed by atoms with van der Waals surface area (Å²) >= 11 is 0. The van der Waals surface area contributed by atoms with Gasteiger partial charge in [0.05, 0.1) is 6.10 Å². The lowest BCUT2D eigenvalue weighted by atomic mass is 10.2. The van der Waals surface area contributed by atoms with Gasteiger partial charge in [-0.25, -0.2) is 18.1 Å². The molecular weight excluding hydrogens is 254 g/mol. The molecule has 1 aromatic heterocycles. The summed E-state index contributed by atoms with van der Waals surface area (Å²) in [5.74, 6) is 0.345. The van der Waals surface area contributed by atoms with Crippen molar-refractivity contribution < 1.29 is 13.2 Å². The number of ether oxygens (including phenoxy) is 1. The molecule has 18 heavy (non-hydrogen) atoms. The number of pyridine rings is 1. The summed E-state index contributed by atoms with van der Waals surface area (Å²) in [6, 6.07) is 3.12. The molecule has 0 saturated carbocycles. The summed E-state index contributed by atoms with van der Waals surface area (Å²) < 4.78 is 32.2. The van der Waals surface area contributed by atoms with E-state index in [2.05, 4.69) is 15.0 Å². The third-order valence-electron chi connectivity index (χ3n) is 2.82. The molecule has 0 amide bonds. The van der Waals surface area contributed by atoms with Gasteiger partial charge in [-0.2, -0.15) is 0 Å². The summed E-state index contributed by atoms with van der Waals surface area (Å²) in [6.45, 7) is 1.02. The second kappa shape index (κ2) is 5.64. The van der Waals surface area contributed by atoms with Crippen LogP contribution in [0.25, 0.3) is 0 Å². The molecule has 1 unspecified atom stereocenters.